The van der Waals surface area contributed by atoms with Gasteiger partial charge in [-0.25, -0.2) is 9.97 Å². The number of anilines is 3. The van der Waals surface area contributed by atoms with E-state index in [0.29, 0.717) is 11.6 Å². The van der Waals surface area contributed by atoms with Gasteiger partial charge in [-0.1, -0.05) is 32.9 Å². The number of benzene rings is 2. The lowest BCUT2D eigenvalue weighted by Crippen LogP contribution is -2.23. The van der Waals surface area contributed by atoms with Crippen molar-refractivity contribution in [3.05, 3.63) is 103 Å². The highest BCUT2D eigenvalue weighted by Crippen LogP contribution is 2.40. The molecule has 5 heterocycles. The molecule has 0 amide bonds. The van der Waals surface area contributed by atoms with Gasteiger partial charge in [-0.15, -0.1) is 0 Å². The number of hydrogen-bond acceptors (Lipinski definition) is 6. The van der Waals surface area contributed by atoms with Crippen LogP contribution in [0.2, 0.25) is 0 Å². The van der Waals surface area contributed by atoms with Crippen LogP contribution in [0.5, 0.6) is 11.6 Å². The summed E-state index contributed by atoms with van der Waals surface area (Å²) < 4.78 is 8.56. The van der Waals surface area contributed by atoms with Gasteiger partial charge >= 0.3 is 0 Å². The second kappa shape index (κ2) is 9.09. The monoisotopic (exact) mass is 526 g/mol. The summed E-state index contributed by atoms with van der Waals surface area (Å²) in [6, 6.07) is 24.9. The molecule has 7 nitrogen and oxygen atoms in total. The molecule has 0 N–H and O–H groups in total. The van der Waals surface area contributed by atoms with Crippen molar-refractivity contribution in [3.8, 4) is 17.4 Å². The summed E-state index contributed by atoms with van der Waals surface area (Å²) in [6.45, 7) is 7.42. The molecule has 0 bridgehead atoms. The maximum Gasteiger partial charge on any atom is 0.221 e. The topological polar surface area (TPSA) is 59.3 Å². The van der Waals surface area contributed by atoms with E-state index in [1.807, 2.05) is 42.9 Å². The van der Waals surface area contributed by atoms with E-state index in [4.69, 9.17) is 9.72 Å². The molecule has 1 aliphatic rings. The van der Waals surface area contributed by atoms with E-state index in [9.17, 15) is 0 Å². The number of aromatic nitrogens is 4. The van der Waals surface area contributed by atoms with Crippen LogP contribution in [0.15, 0.2) is 97.6 Å². The summed E-state index contributed by atoms with van der Waals surface area (Å²) in [5, 5.41) is 2.17. The number of ether oxygens (including phenoxy) is 1. The highest BCUT2D eigenvalue weighted by molar-refractivity contribution is 6.09. The third-order valence-electron chi connectivity index (χ3n) is 7.57. The second-order valence-electron chi connectivity index (χ2n) is 11.3. The van der Waals surface area contributed by atoms with Gasteiger partial charge in [0.15, 0.2) is 0 Å². The van der Waals surface area contributed by atoms with E-state index >= 15 is 0 Å². The highest BCUT2D eigenvalue weighted by Gasteiger charge is 2.24. The molecule has 0 spiro atoms. The quantitative estimate of drug-likeness (QED) is 0.236. The van der Waals surface area contributed by atoms with Crippen LogP contribution in [0.4, 0.5) is 17.1 Å². The molecule has 0 unspecified atom stereocenters. The van der Waals surface area contributed by atoms with E-state index in [1.165, 1.54) is 16.9 Å². The molecule has 7 rings (SSSR count). The molecule has 0 radical (unpaired) electrons. The van der Waals surface area contributed by atoms with Crippen molar-refractivity contribution in [2.45, 2.75) is 26.2 Å². The van der Waals surface area contributed by atoms with Crippen LogP contribution in [0.3, 0.4) is 0 Å². The molecule has 0 atom stereocenters. The second-order valence-corrected chi connectivity index (χ2v) is 11.3. The molecule has 6 aromatic rings. The maximum atomic E-state index is 6.37. The Labute approximate surface area is 233 Å². The average molecular weight is 527 g/mol. The first-order valence-electron chi connectivity index (χ1n) is 13.4. The Morgan fingerprint density at radius 2 is 1.60 bits per heavy atom. The zero-order chi connectivity index (χ0) is 27.4. The lowest BCUT2D eigenvalue weighted by atomic mass is 9.88. The van der Waals surface area contributed by atoms with Crippen LogP contribution in [0, 0.1) is 0 Å². The molecule has 0 fully saturated rings. The van der Waals surface area contributed by atoms with Gasteiger partial charge in [0.05, 0.1) is 29.1 Å². The minimum Gasteiger partial charge on any atom is -0.439 e. The summed E-state index contributed by atoms with van der Waals surface area (Å²) in [7, 11) is 2.10. The standard InChI is InChI=1S/C33H30N6O/c1-33(2,3)22-11-15-35-31(17-22)39-27-13-14-34-20-26(27)25-10-9-24(19-30(25)39)40-32-18-23(12-16-36-32)38-21-37(4)28-7-5-6-8-29(28)38/h5-20H,21H2,1-4H3. The summed E-state index contributed by atoms with van der Waals surface area (Å²) in [5.74, 6) is 2.12. The summed E-state index contributed by atoms with van der Waals surface area (Å²) in [4.78, 5) is 18.2. The number of hydrogen-bond donors (Lipinski definition) is 0. The first-order valence-corrected chi connectivity index (χ1v) is 13.4. The van der Waals surface area contributed by atoms with E-state index < -0.39 is 0 Å². The van der Waals surface area contributed by atoms with Gasteiger partial charge < -0.3 is 14.5 Å². The van der Waals surface area contributed by atoms with E-state index in [2.05, 4.69) is 101 Å². The third kappa shape index (κ3) is 4.02. The van der Waals surface area contributed by atoms with Crippen LogP contribution in [-0.4, -0.2) is 33.2 Å². The first kappa shape index (κ1) is 24.2. The predicted octanol–water partition coefficient (Wildman–Crippen LogP) is 7.60. The fraction of sp³-hybridized carbons (Fsp3) is 0.182. The lowest BCUT2D eigenvalue weighted by molar-refractivity contribution is 0.463. The van der Waals surface area contributed by atoms with Gasteiger partial charge in [-0.2, -0.15) is 0 Å². The number of fused-ring (bicyclic) bond motifs is 4. The van der Waals surface area contributed by atoms with Crippen molar-refractivity contribution in [3.63, 3.8) is 0 Å². The molecule has 2 aromatic carbocycles. The highest BCUT2D eigenvalue weighted by atomic mass is 16.5. The van der Waals surface area contributed by atoms with E-state index in [-0.39, 0.29) is 5.41 Å². The van der Waals surface area contributed by atoms with Crippen LogP contribution in [-0.2, 0) is 5.41 Å². The molecule has 4 aromatic heterocycles. The van der Waals surface area contributed by atoms with Crippen LogP contribution in [0.25, 0.3) is 27.6 Å². The minimum atomic E-state index is 0.00756. The Bertz CT molecular complexity index is 1890. The summed E-state index contributed by atoms with van der Waals surface area (Å²) in [6.07, 6.45) is 7.43. The van der Waals surface area contributed by atoms with Crippen LogP contribution < -0.4 is 14.5 Å². The van der Waals surface area contributed by atoms with Crippen molar-refractivity contribution in [2.24, 2.45) is 0 Å². The summed E-state index contributed by atoms with van der Waals surface area (Å²) in [5.41, 5.74) is 6.71. The lowest BCUT2D eigenvalue weighted by Gasteiger charge is -2.20. The Balaban J connectivity index is 1.29. The van der Waals surface area contributed by atoms with E-state index in [1.54, 1.807) is 6.20 Å². The number of nitrogens with zero attached hydrogens (tertiary/aromatic N) is 6. The SMILES string of the molecule is CN1CN(c2ccnc(Oc3ccc4c5cnccc5n(-c5cc(C(C)(C)C)ccn5)c4c3)c2)c2ccccc21. The molecule has 40 heavy (non-hydrogen) atoms. The average Bonchev–Trinajstić information content (AvgIpc) is 3.47. The molecule has 0 aliphatic carbocycles. The number of para-hydroxylation sites is 2. The molecule has 1 aliphatic heterocycles. The Morgan fingerprint density at radius 1 is 0.775 bits per heavy atom. The fourth-order valence-corrected chi connectivity index (χ4v) is 5.50. The van der Waals surface area contributed by atoms with Crippen molar-refractivity contribution in [1.29, 1.82) is 0 Å². The van der Waals surface area contributed by atoms with Crippen molar-refractivity contribution in [1.82, 2.24) is 19.5 Å². The van der Waals surface area contributed by atoms with Gasteiger partial charge in [-0.3, -0.25) is 9.55 Å². The molecule has 0 saturated heterocycles. The fourth-order valence-electron chi connectivity index (χ4n) is 5.50. The smallest absolute Gasteiger partial charge is 0.221 e. The van der Waals surface area contributed by atoms with E-state index in [0.717, 1.165) is 40.0 Å². The number of rotatable bonds is 4. The Hall–Kier alpha value is -4.91. The summed E-state index contributed by atoms with van der Waals surface area (Å²) >= 11 is 0. The largest absolute Gasteiger partial charge is 0.439 e. The number of pyridine rings is 3. The van der Waals surface area contributed by atoms with Gasteiger partial charge in [0.25, 0.3) is 0 Å². The Kier molecular flexibility index (Phi) is 5.49. The van der Waals surface area contributed by atoms with Crippen molar-refractivity contribution >= 4 is 38.9 Å². The molecule has 0 saturated carbocycles. The van der Waals surface area contributed by atoms with Gasteiger partial charge in [0.1, 0.15) is 11.6 Å². The normalized spacial score (nSPS) is 13.3. The third-order valence-corrected chi connectivity index (χ3v) is 7.57. The zero-order valence-electron chi connectivity index (χ0n) is 23.0. The maximum absolute atomic E-state index is 6.37. The van der Waals surface area contributed by atoms with Gasteiger partial charge in [0.2, 0.25) is 5.88 Å². The molecule has 7 heteroatoms. The van der Waals surface area contributed by atoms with Gasteiger partial charge in [0, 0.05) is 60.4 Å². The zero-order valence-corrected chi connectivity index (χ0v) is 23.0. The molecular formula is C33H30N6O. The van der Waals surface area contributed by atoms with Crippen molar-refractivity contribution in [2.75, 3.05) is 23.5 Å². The van der Waals surface area contributed by atoms with Crippen LogP contribution in [0.1, 0.15) is 26.3 Å². The molecule has 198 valence electrons. The van der Waals surface area contributed by atoms with Crippen molar-refractivity contribution < 1.29 is 4.74 Å². The first-order chi connectivity index (χ1) is 19.4. The van der Waals surface area contributed by atoms with Crippen LogP contribution >= 0.6 is 0 Å². The Morgan fingerprint density at radius 3 is 2.45 bits per heavy atom. The minimum absolute atomic E-state index is 0.00756. The predicted molar refractivity (Wildman–Crippen MR) is 161 cm³/mol. The van der Waals surface area contributed by atoms with Gasteiger partial charge in [-0.05, 0) is 59.5 Å². The molecular weight excluding hydrogens is 496 g/mol.